The van der Waals surface area contributed by atoms with Crippen molar-refractivity contribution in [2.75, 3.05) is 11.0 Å². The lowest BCUT2D eigenvalue weighted by atomic mass is 10.1. The Labute approximate surface area is 221 Å². The maximum absolute atomic E-state index is 13.5. The van der Waals surface area contributed by atoms with Gasteiger partial charge in [-0.25, -0.2) is 9.37 Å². The van der Waals surface area contributed by atoms with Crippen LogP contribution in [-0.2, 0) is 16.6 Å². The summed E-state index contributed by atoms with van der Waals surface area (Å²) in [5, 5.41) is 16.0. The van der Waals surface area contributed by atoms with E-state index in [1.807, 2.05) is 6.07 Å². The van der Waals surface area contributed by atoms with Crippen molar-refractivity contribution in [3.8, 4) is 40.1 Å². The van der Waals surface area contributed by atoms with E-state index < -0.39 is 9.53 Å². The zero-order chi connectivity index (χ0) is 26.9. The van der Waals surface area contributed by atoms with Crippen LogP contribution in [0.3, 0.4) is 0 Å². The fourth-order valence-corrected chi connectivity index (χ4v) is 6.30. The van der Waals surface area contributed by atoms with E-state index in [0.29, 0.717) is 22.6 Å². The Bertz CT molecular complexity index is 1740. The number of nitrogens with one attached hydrogen (secondary N) is 1. The Morgan fingerprint density at radius 1 is 1.11 bits per heavy atom. The lowest BCUT2D eigenvalue weighted by molar-refractivity contribution is 0.479. The van der Waals surface area contributed by atoms with Gasteiger partial charge in [0.15, 0.2) is 5.75 Å². The Kier molecular flexibility index (Phi) is 6.28. The van der Waals surface area contributed by atoms with Gasteiger partial charge in [-0.15, -0.1) is 20.9 Å². The van der Waals surface area contributed by atoms with Gasteiger partial charge in [0.1, 0.15) is 17.6 Å². The molecule has 5 rings (SSSR count). The van der Waals surface area contributed by atoms with Gasteiger partial charge < -0.3 is 4.74 Å². The van der Waals surface area contributed by atoms with Gasteiger partial charge in [0, 0.05) is 42.2 Å². The molecule has 38 heavy (non-hydrogen) atoms. The summed E-state index contributed by atoms with van der Waals surface area (Å²) in [6.07, 6.45) is 5.83. The topological polar surface area (TPSA) is 126 Å². The first-order valence-electron chi connectivity index (χ1n) is 11.1. The predicted octanol–water partition coefficient (Wildman–Crippen LogP) is 5.72. The van der Waals surface area contributed by atoms with Crippen molar-refractivity contribution >= 4 is 26.0 Å². The first-order valence-corrected chi connectivity index (χ1v) is 14.4. The van der Waals surface area contributed by atoms with E-state index in [1.165, 1.54) is 54.1 Å². The summed E-state index contributed by atoms with van der Waals surface area (Å²) in [6.45, 7) is 0. The van der Waals surface area contributed by atoms with Gasteiger partial charge in [-0.1, -0.05) is 0 Å². The van der Waals surface area contributed by atoms with Gasteiger partial charge in [0.2, 0.25) is 5.13 Å². The molecule has 12 heteroatoms. The van der Waals surface area contributed by atoms with Crippen molar-refractivity contribution in [2.24, 2.45) is 7.05 Å². The highest BCUT2D eigenvalue weighted by Crippen LogP contribution is 2.39. The number of aryl methyl sites for hydroxylation is 1. The molecule has 0 aliphatic carbocycles. The molecule has 9 nitrogen and oxygen atoms in total. The minimum Gasteiger partial charge on any atom is -0.454 e. The Balaban J connectivity index is 1.54. The van der Waals surface area contributed by atoms with E-state index in [4.69, 9.17) is 4.74 Å². The van der Waals surface area contributed by atoms with Crippen LogP contribution < -0.4 is 9.46 Å². The molecule has 0 bridgehead atoms. The lowest BCUT2D eigenvalue weighted by Crippen LogP contribution is -2.39. The molecule has 0 fully saturated rings. The van der Waals surface area contributed by atoms with E-state index in [9.17, 15) is 18.4 Å². The number of nitrogens with zero attached hydrogens (tertiary/aromatic N) is 5. The zero-order valence-corrected chi connectivity index (χ0v) is 21.8. The van der Waals surface area contributed by atoms with Crippen molar-refractivity contribution in [1.82, 2.24) is 19.7 Å². The van der Waals surface area contributed by atoms with Crippen LogP contribution in [0.15, 0.2) is 83.5 Å². The van der Waals surface area contributed by atoms with Gasteiger partial charge in [-0.3, -0.25) is 18.9 Å². The molecule has 2 N–H and O–H groups in total. The van der Waals surface area contributed by atoms with Crippen molar-refractivity contribution in [3.05, 3.63) is 89.9 Å². The number of hydrogen-bond acceptors (Lipinski definition) is 7. The Morgan fingerprint density at radius 3 is 2.55 bits per heavy atom. The molecular weight excluding hydrogens is 527 g/mol. The van der Waals surface area contributed by atoms with Crippen molar-refractivity contribution in [2.45, 2.75) is 4.90 Å². The van der Waals surface area contributed by atoms with Crippen LogP contribution in [0.25, 0.3) is 22.5 Å². The van der Waals surface area contributed by atoms with Crippen LogP contribution >= 0.6 is 11.3 Å². The number of rotatable bonds is 7. The minimum atomic E-state index is -4.57. The number of ether oxygens (including phenoxy) is 1. The Hall–Kier alpha value is -4.44. The maximum atomic E-state index is 13.5. The van der Waals surface area contributed by atoms with Crippen LogP contribution in [0.1, 0.15) is 5.56 Å². The van der Waals surface area contributed by atoms with Gasteiger partial charge in [-0.05, 0) is 54.6 Å². The number of benzene rings is 2. The minimum absolute atomic E-state index is 0.0118. The second-order valence-corrected chi connectivity index (χ2v) is 12.6. The van der Waals surface area contributed by atoms with E-state index in [2.05, 4.69) is 19.8 Å². The predicted molar refractivity (Wildman–Crippen MR) is 144 cm³/mol. The largest absolute Gasteiger partial charge is 0.454 e. The van der Waals surface area contributed by atoms with E-state index >= 15 is 0 Å². The quantitative estimate of drug-likeness (QED) is 0.266. The monoisotopic (exact) mass is 548 g/mol. The average Bonchev–Trinajstić information content (AvgIpc) is 3.55. The molecule has 0 atom stereocenters. The third-order valence-corrected chi connectivity index (χ3v) is 8.57. The molecule has 5 aromatic rings. The van der Waals surface area contributed by atoms with Crippen molar-refractivity contribution < 1.29 is 17.9 Å². The fourth-order valence-electron chi connectivity index (χ4n) is 3.78. The van der Waals surface area contributed by atoms with Crippen molar-refractivity contribution in [3.63, 3.8) is 0 Å². The molecule has 3 heterocycles. The average molecular weight is 549 g/mol. The highest BCUT2D eigenvalue weighted by molar-refractivity contribution is 8.15. The molecule has 0 saturated carbocycles. The molecular formula is C26H21FN6O3S2. The molecule has 3 aromatic heterocycles. The summed E-state index contributed by atoms with van der Waals surface area (Å²) in [6, 6.07) is 15.8. The maximum Gasteiger partial charge on any atom is 0.200 e. The van der Waals surface area contributed by atoms with Crippen LogP contribution in [0.5, 0.6) is 11.5 Å². The summed E-state index contributed by atoms with van der Waals surface area (Å²) in [5.74, 6) is 0.159. The SMILES string of the molecule is Cn1nccc1-c1cc(-c2ccc(F)cc2)ncc1Oc1ccc(S(C)(=O)(O)Nc2nccs2)cc1C#N. The van der Waals surface area contributed by atoms with Crippen molar-refractivity contribution in [1.29, 1.82) is 5.26 Å². The third kappa shape index (κ3) is 5.03. The zero-order valence-electron chi connectivity index (χ0n) is 20.2. The molecule has 0 unspecified atom stereocenters. The smallest absolute Gasteiger partial charge is 0.200 e. The summed E-state index contributed by atoms with van der Waals surface area (Å²) >= 11 is 1.18. The summed E-state index contributed by atoms with van der Waals surface area (Å²) < 4.78 is 48.3. The molecule has 0 radical (unpaired) electrons. The number of pyridine rings is 1. The van der Waals surface area contributed by atoms with Crippen LogP contribution in [-0.4, -0.2) is 34.8 Å². The second kappa shape index (κ2) is 9.46. The first-order chi connectivity index (χ1) is 18.1. The van der Waals surface area contributed by atoms with E-state index in [-0.39, 0.29) is 27.2 Å². The molecule has 0 spiro atoms. The van der Waals surface area contributed by atoms with E-state index in [1.54, 1.807) is 47.6 Å². The summed E-state index contributed by atoms with van der Waals surface area (Å²) in [5.41, 5.74) is 2.71. The number of anilines is 1. The van der Waals surface area contributed by atoms with Crippen LogP contribution in [0.2, 0.25) is 0 Å². The van der Waals surface area contributed by atoms with Gasteiger partial charge in [0.25, 0.3) is 0 Å². The number of thiazole rings is 1. The molecule has 0 aliphatic heterocycles. The lowest BCUT2D eigenvalue weighted by Gasteiger charge is -2.39. The van der Waals surface area contributed by atoms with Gasteiger partial charge in [0.05, 0.1) is 28.0 Å². The number of hydrogen-bond donors (Lipinski definition) is 2. The molecule has 2 aromatic carbocycles. The van der Waals surface area contributed by atoms with Crippen LogP contribution in [0, 0.1) is 17.1 Å². The first kappa shape index (κ1) is 25.2. The molecule has 192 valence electrons. The molecule has 0 aliphatic rings. The molecule has 0 saturated heterocycles. The summed E-state index contributed by atoms with van der Waals surface area (Å²) in [4.78, 5) is 8.51. The third-order valence-electron chi connectivity index (χ3n) is 5.71. The molecule has 0 amide bonds. The van der Waals surface area contributed by atoms with Gasteiger partial charge >= 0.3 is 0 Å². The highest BCUT2D eigenvalue weighted by atomic mass is 32.3. The number of halogens is 1. The fraction of sp³-hybridized carbons (Fsp3) is 0.0769. The number of nitriles is 1. The second-order valence-electron chi connectivity index (χ2n) is 8.51. The standard InChI is InChI=1S/C26H21FN6O3S2/c1-33-23(9-10-31-33)21-14-22(17-3-5-19(27)6-4-17)30-16-25(21)36-24-8-7-20(13-18(24)15-28)38(2,34,35)32-26-29-11-12-37-26/h3-14,16H,1-2H3,(H2,29,32,34,35). The number of aromatic nitrogens is 4. The van der Waals surface area contributed by atoms with E-state index in [0.717, 1.165) is 11.9 Å². The Morgan fingerprint density at radius 2 is 1.89 bits per heavy atom. The summed E-state index contributed by atoms with van der Waals surface area (Å²) in [7, 11) is -2.79. The van der Waals surface area contributed by atoms with Gasteiger partial charge in [-0.2, -0.15) is 14.6 Å². The highest BCUT2D eigenvalue weighted by Gasteiger charge is 2.26. The van der Waals surface area contributed by atoms with Crippen LogP contribution in [0.4, 0.5) is 9.52 Å². The normalized spacial score (nSPS) is 12.3.